The fourth-order valence-electron chi connectivity index (χ4n) is 1.85. The molecule has 0 saturated carbocycles. The molecule has 1 heterocycles. The Labute approximate surface area is 108 Å². The Morgan fingerprint density at radius 1 is 1.06 bits per heavy atom. The molecule has 0 amide bonds. The maximum Gasteiger partial charge on any atom is 0.128 e. The van der Waals surface area contributed by atoms with Crippen molar-refractivity contribution in [2.75, 3.05) is 17.6 Å². The summed E-state index contributed by atoms with van der Waals surface area (Å²) in [5, 5.41) is 3.33. The third kappa shape index (κ3) is 3.00. The molecule has 0 atom stereocenters. The standard InChI is InChI=1S/C15H19N3/c1-15(2,12-7-4-3-5-8-12)11-17-14-10-6-9-13(16)18-14/h3-10H,11H2,1-2H3,(H3,16,17,18). The molecule has 0 unspecified atom stereocenters. The predicted octanol–water partition coefficient (Wildman–Crippen LogP) is 3.05. The first-order valence-electron chi connectivity index (χ1n) is 6.10. The lowest BCUT2D eigenvalue weighted by Gasteiger charge is -2.26. The number of nitrogens with two attached hydrogens (primary N) is 1. The molecule has 1 aromatic heterocycles. The molecule has 0 fully saturated rings. The van der Waals surface area contributed by atoms with Crippen molar-refractivity contribution in [1.29, 1.82) is 0 Å². The van der Waals surface area contributed by atoms with E-state index in [4.69, 9.17) is 5.73 Å². The number of anilines is 2. The highest BCUT2D eigenvalue weighted by atomic mass is 15.0. The Balaban J connectivity index is 2.05. The van der Waals surface area contributed by atoms with Crippen molar-refractivity contribution in [3.63, 3.8) is 0 Å². The second kappa shape index (κ2) is 5.08. The molecule has 94 valence electrons. The number of rotatable bonds is 4. The normalized spacial score (nSPS) is 11.2. The molecule has 0 radical (unpaired) electrons. The van der Waals surface area contributed by atoms with Gasteiger partial charge in [0.2, 0.25) is 0 Å². The first-order valence-corrected chi connectivity index (χ1v) is 6.10. The monoisotopic (exact) mass is 241 g/mol. The molecule has 0 saturated heterocycles. The van der Waals surface area contributed by atoms with Gasteiger partial charge in [-0.2, -0.15) is 0 Å². The zero-order chi connectivity index (χ0) is 13.0. The van der Waals surface area contributed by atoms with Crippen LogP contribution < -0.4 is 11.1 Å². The number of nitrogens with one attached hydrogen (secondary N) is 1. The minimum absolute atomic E-state index is 0.0492. The van der Waals surface area contributed by atoms with Gasteiger partial charge in [-0.15, -0.1) is 0 Å². The summed E-state index contributed by atoms with van der Waals surface area (Å²) in [5.41, 5.74) is 7.01. The van der Waals surface area contributed by atoms with E-state index in [1.54, 1.807) is 6.07 Å². The lowest BCUT2D eigenvalue weighted by atomic mass is 9.84. The number of aromatic nitrogens is 1. The van der Waals surface area contributed by atoms with Gasteiger partial charge in [0.25, 0.3) is 0 Å². The molecule has 2 rings (SSSR count). The average Bonchev–Trinajstić information content (AvgIpc) is 2.38. The first kappa shape index (κ1) is 12.4. The summed E-state index contributed by atoms with van der Waals surface area (Å²) in [6.07, 6.45) is 0. The van der Waals surface area contributed by atoms with Crippen LogP contribution in [0.5, 0.6) is 0 Å². The van der Waals surface area contributed by atoms with Crippen molar-refractivity contribution in [2.45, 2.75) is 19.3 Å². The van der Waals surface area contributed by atoms with Crippen LogP contribution in [-0.2, 0) is 5.41 Å². The third-order valence-corrected chi connectivity index (χ3v) is 3.04. The summed E-state index contributed by atoms with van der Waals surface area (Å²) in [6, 6.07) is 16.1. The number of hydrogen-bond acceptors (Lipinski definition) is 3. The van der Waals surface area contributed by atoms with Gasteiger partial charge < -0.3 is 11.1 Å². The highest BCUT2D eigenvalue weighted by molar-refractivity contribution is 5.43. The molecule has 3 heteroatoms. The van der Waals surface area contributed by atoms with Crippen molar-refractivity contribution in [2.24, 2.45) is 0 Å². The van der Waals surface area contributed by atoms with Crippen molar-refractivity contribution in [3.05, 3.63) is 54.1 Å². The largest absolute Gasteiger partial charge is 0.384 e. The fraction of sp³-hybridized carbons (Fsp3) is 0.267. The summed E-state index contributed by atoms with van der Waals surface area (Å²) < 4.78 is 0. The summed E-state index contributed by atoms with van der Waals surface area (Å²) in [6.45, 7) is 5.23. The summed E-state index contributed by atoms with van der Waals surface area (Å²) in [7, 11) is 0. The van der Waals surface area contributed by atoms with E-state index in [0.29, 0.717) is 5.82 Å². The number of pyridine rings is 1. The van der Waals surface area contributed by atoms with Gasteiger partial charge in [-0.05, 0) is 17.7 Å². The van der Waals surface area contributed by atoms with Gasteiger partial charge in [-0.25, -0.2) is 4.98 Å². The quantitative estimate of drug-likeness (QED) is 0.865. The Morgan fingerprint density at radius 2 is 1.78 bits per heavy atom. The molecule has 0 spiro atoms. The molecule has 2 aromatic rings. The van der Waals surface area contributed by atoms with Gasteiger partial charge in [-0.3, -0.25) is 0 Å². The third-order valence-electron chi connectivity index (χ3n) is 3.04. The molecule has 0 aliphatic rings. The predicted molar refractivity (Wildman–Crippen MR) is 76.6 cm³/mol. The molecule has 3 nitrogen and oxygen atoms in total. The summed E-state index contributed by atoms with van der Waals surface area (Å²) in [5.74, 6) is 1.36. The zero-order valence-electron chi connectivity index (χ0n) is 10.9. The molecular formula is C15H19N3. The second-order valence-corrected chi connectivity index (χ2v) is 5.05. The van der Waals surface area contributed by atoms with Crippen LogP contribution in [0.4, 0.5) is 11.6 Å². The van der Waals surface area contributed by atoms with Crippen LogP contribution in [0.1, 0.15) is 19.4 Å². The smallest absolute Gasteiger partial charge is 0.128 e. The highest BCUT2D eigenvalue weighted by Gasteiger charge is 2.19. The van der Waals surface area contributed by atoms with Crippen LogP contribution >= 0.6 is 0 Å². The number of nitrogen functional groups attached to an aromatic ring is 1. The molecule has 0 bridgehead atoms. The topological polar surface area (TPSA) is 50.9 Å². The van der Waals surface area contributed by atoms with E-state index in [-0.39, 0.29) is 5.41 Å². The van der Waals surface area contributed by atoms with Crippen molar-refractivity contribution in [1.82, 2.24) is 4.98 Å². The summed E-state index contributed by atoms with van der Waals surface area (Å²) >= 11 is 0. The van der Waals surface area contributed by atoms with E-state index in [0.717, 1.165) is 12.4 Å². The van der Waals surface area contributed by atoms with Crippen molar-refractivity contribution >= 4 is 11.6 Å². The minimum Gasteiger partial charge on any atom is -0.384 e. The first-order chi connectivity index (χ1) is 8.58. The van der Waals surface area contributed by atoms with Crippen LogP contribution in [0.25, 0.3) is 0 Å². The Morgan fingerprint density at radius 3 is 2.44 bits per heavy atom. The lowest BCUT2D eigenvalue weighted by molar-refractivity contribution is 0.556. The maximum atomic E-state index is 5.66. The van der Waals surface area contributed by atoms with E-state index in [1.165, 1.54) is 5.56 Å². The lowest BCUT2D eigenvalue weighted by Crippen LogP contribution is -2.27. The van der Waals surface area contributed by atoms with E-state index < -0.39 is 0 Å². The SMILES string of the molecule is CC(C)(CNc1cccc(N)n1)c1ccccc1. The molecule has 0 aliphatic carbocycles. The molecule has 18 heavy (non-hydrogen) atoms. The number of hydrogen-bond donors (Lipinski definition) is 2. The number of benzene rings is 1. The molecular weight excluding hydrogens is 222 g/mol. The van der Waals surface area contributed by atoms with Crippen LogP contribution in [0.15, 0.2) is 48.5 Å². The van der Waals surface area contributed by atoms with Crippen LogP contribution in [0.2, 0.25) is 0 Å². The molecule has 1 aromatic carbocycles. The van der Waals surface area contributed by atoms with E-state index >= 15 is 0 Å². The van der Waals surface area contributed by atoms with E-state index in [9.17, 15) is 0 Å². The van der Waals surface area contributed by atoms with Gasteiger partial charge in [0, 0.05) is 12.0 Å². The second-order valence-electron chi connectivity index (χ2n) is 5.05. The Hall–Kier alpha value is -2.03. The van der Waals surface area contributed by atoms with Gasteiger partial charge in [0.1, 0.15) is 11.6 Å². The maximum absolute atomic E-state index is 5.66. The summed E-state index contributed by atoms with van der Waals surface area (Å²) in [4.78, 5) is 4.24. The average molecular weight is 241 g/mol. The van der Waals surface area contributed by atoms with Crippen molar-refractivity contribution < 1.29 is 0 Å². The van der Waals surface area contributed by atoms with Gasteiger partial charge >= 0.3 is 0 Å². The Kier molecular flexibility index (Phi) is 3.51. The van der Waals surface area contributed by atoms with E-state index in [2.05, 4.69) is 48.4 Å². The number of nitrogens with zero attached hydrogens (tertiary/aromatic N) is 1. The van der Waals surface area contributed by atoms with Crippen LogP contribution in [-0.4, -0.2) is 11.5 Å². The molecule has 0 aliphatic heterocycles. The van der Waals surface area contributed by atoms with Crippen LogP contribution in [0, 0.1) is 0 Å². The fourth-order valence-corrected chi connectivity index (χ4v) is 1.85. The molecule has 3 N–H and O–H groups in total. The Bertz CT molecular complexity index is 506. The minimum atomic E-state index is 0.0492. The van der Waals surface area contributed by atoms with Gasteiger partial charge in [-0.1, -0.05) is 50.2 Å². The van der Waals surface area contributed by atoms with E-state index in [1.807, 2.05) is 18.2 Å². The van der Waals surface area contributed by atoms with Gasteiger partial charge in [0.05, 0.1) is 0 Å². The zero-order valence-corrected chi connectivity index (χ0v) is 10.9. The highest BCUT2D eigenvalue weighted by Crippen LogP contribution is 2.23. The van der Waals surface area contributed by atoms with Gasteiger partial charge in [0.15, 0.2) is 0 Å². The van der Waals surface area contributed by atoms with Crippen molar-refractivity contribution in [3.8, 4) is 0 Å². The van der Waals surface area contributed by atoms with Crippen LogP contribution in [0.3, 0.4) is 0 Å².